The Labute approximate surface area is 189 Å². The van der Waals surface area contributed by atoms with Crippen molar-refractivity contribution >= 4 is 17.7 Å². The third kappa shape index (κ3) is 4.36. The molecular weight excluding hydrogens is 468 g/mol. The SMILES string of the molecule is O=C1Nc2nccc(-c3cc(C(F)(F)F)cc(N4CCN[C@@H](C5CC5)C4)n3)c2[C@H](C(F)(F)F)O1. The van der Waals surface area contributed by atoms with Gasteiger partial charge in [0, 0.05) is 37.4 Å². The zero-order chi connectivity index (χ0) is 24.3. The van der Waals surface area contributed by atoms with Gasteiger partial charge in [0.15, 0.2) is 0 Å². The lowest BCUT2D eigenvalue weighted by Crippen LogP contribution is -2.52. The second kappa shape index (κ2) is 8.00. The van der Waals surface area contributed by atoms with Crippen LogP contribution in [0.2, 0.25) is 0 Å². The number of carbonyl (C=O) groups is 1. The summed E-state index contributed by atoms with van der Waals surface area (Å²) in [5, 5.41) is 5.44. The number of hydrogen-bond donors (Lipinski definition) is 2. The van der Waals surface area contributed by atoms with Gasteiger partial charge in [0.2, 0.25) is 6.10 Å². The lowest BCUT2D eigenvalue weighted by atomic mass is 9.98. The fourth-order valence-electron chi connectivity index (χ4n) is 4.36. The number of anilines is 2. The number of nitrogens with zero attached hydrogens (tertiary/aromatic N) is 3. The van der Waals surface area contributed by atoms with Crippen LogP contribution in [0.3, 0.4) is 0 Å². The molecule has 34 heavy (non-hydrogen) atoms. The van der Waals surface area contributed by atoms with Crippen molar-refractivity contribution in [3.8, 4) is 11.3 Å². The predicted molar refractivity (Wildman–Crippen MR) is 108 cm³/mol. The van der Waals surface area contributed by atoms with E-state index in [1.54, 1.807) is 4.90 Å². The molecule has 2 aromatic heterocycles. The Kier molecular flexibility index (Phi) is 5.34. The van der Waals surface area contributed by atoms with E-state index in [0.29, 0.717) is 31.6 Å². The number of nitrogens with one attached hydrogen (secondary N) is 2. The number of hydrogen-bond acceptors (Lipinski definition) is 6. The van der Waals surface area contributed by atoms with Gasteiger partial charge >= 0.3 is 18.4 Å². The van der Waals surface area contributed by atoms with Crippen molar-refractivity contribution in [2.24, 2.45) is 5.92 Å². The highest BCUT2D eigenvalue weighted by Gasteiger charge is 2.49. The molecule has 1 aliphatic carbocycles. The molecule has 4 heterocycles. The minimum atomic E-state index is -5.01. The topological polar surface area (TPSA) is 79.4 Å². The fraction of sp³-hybridized carbons (Fsp3) is 0.476. The minimum absolute atomic E-state index is 0.0202. The highest BCUT2D eigenvalue weighted by Crippen LogP contribution is 2.46. The van der Waals surface area contributed by atoms with Gasteiger partial charge in [0.1, 0.15) is 11.6 Å². The lowest BCUT2D eigenvalue weighted by Gasteiger charge is -2.35. The molecule has 1 amide bonds. The third-order valence-electron chi connectivity index (χ3n) is 6.13. The summed E-state index contributed by atoms with van der Waals surface area (Å²) in [6.07, 6.45) is -10.6. The van der Waals surface area contributed by atoms with Gasteiger partial charge in [-0.05, 0) is 37.0 Å². The van der Waals surface area contributed by atoms with Crippen LogP contribution in [-0.2, 0) is 10.9 Å². The molecule has 1 saturated carbocycles. The van der Waals surface area contributed by atoms with Crippen LogP contribution < -0.4 is 15.5 Å². The Hall–Kier alpha value is -3.09. The maximum absolute atomic E-state index is 13.8. The molecule has 2 aromatic rings. The highest BCUT2D eigenvalue weighted by molar-refractivity contribution is 5.89. The summed E-state index contributed by atoms with van der Waals surface area (Å²) >= 11 is 0. The molecule has 2 fully saturated rings. The van der Waals surface area contributed by atoms with Crippen molar-refractivity contribution < 1.29 is 35.9 Å². The van der Waals surface area contributed by atoms with Crippen LogP contribution in [0.5, 0.6) is 0 Å². The number of pyridine rings is 2. The number of rotatable bonds is 3. The predicted octanol–water partition coefficient (Wildman–Crippen LogP) is 4.52. The minimum Gasteiger partial charge on any atom is -0.431 e. The van der Waals surface area contributed by atoms with E-state index in [1.807, 2.05) is 0 Å². The second-order valence-corrected chi connectivity index (χ2v) is 8.51. The highest BCUT2D eigenvalue weighted by atomic mass is 19.4. The zero-order valence-corrected chi connectivity index (χ0v) is 17.5. The Balaban J connectivity index is 1.63. The van der Waals surface area contributed by atoms with E-state index in [0.717, 1.165) is 31.2 Å². The molecule has 0 radical (unpaired) electrons. The van der Waals surface area contributed by atoms with E-state index < -0.39 is 41.5 Å². The molecule has 1 saturated heterocycles. The number of fused-ring (bicyclic) bond motifs is 1. The molecule has 182 valence electrons. The fourth-order valence-corrected chi connectivity index (χ4v) is 4.36. The van der Waals surface area contributed by atoms with E-state index in [1.165, 1.54) is 0 Å². The Morgan fingerprint density at radius 2 is 1.88 bits per heavy atom. The number of amides is 1. The largest absolute Gasteiger partial charge is 0.431 e. The van der Waals surface area contributed by atoms with E-state index in [2.05, 4.69) is 25.3 Å². The number of halogens is 6. The Bertz CT molecular complexity index is 1120. The quantitative estimate of drug-likeness (QED) is 0.621. The average Bonchev–Trinajstić information content (AvgIpc) is 3.62. The van der Waals surface area contributed by atoms with Gasteiger partial charge in [0.25, 0.3) is 0 Å². The third-order valence-corrected chi connectivity index (χ3v) is 6.13. The van der Waals surface area contributed by atoms with Gasteiger partial charge in [0.05, 0.1) is 16.8 Å². The standard InChI is InChI=1S/C21H19F6N5O2/c22-20(23,24)11-7-13(30-15(8-11)32-6-5-28-14(9-32)10-1-2-10)12-3-4-29-18-16(12)17(21(25,26)27)34-19(33)31-18/h3-4,7-8,10,14,17,28H,1-2,5-6,9H2,(H,29,31,33)/t14-,17-/m1/s1. The van der Waals surface area contributed by atoms with Crippen LogP contribution in [0.15, 0.2) is 24.4 Å². The van der Waals surface area contributed by atoms with E-state index in [4.69, 9.17) is 0 Å². The van der Waals surface area contributed by atoms with E-state index in [9.17, 15) is 31.1 Å². The second-order valence-electron chi connectivity index (χ2n) is 8.51. The van der Waals surface area contributed by atoms with Gasteiger partial charge in [-0.1, -0.05) is 0 Å². The number of piperazine rings is 1. The molecule has 3 aliphatic rings. The summed E-state index contributed by atoms with van der Waals surface area (Å²) in [6.45, 7) is 1.39. The number of alkyl halides is 6. The molecular formula is C21H19F6N5O2. The number of cyclic esters (lactones) is 1. The Morgan fingerprint density at radius 1 is 1.12 bits per heavy atom. The molecule has 2 N–H and O–H groups in total. The summed E-state index contributed by atoms with van der Waals surface area (Å²) in [5.74, 6) is 0.0354. The summed E-state index contributed by atoms with van der Waals surface area (Å²) in [5.41, 5.74) is -2.21. The van der Waals surface area contributed by atoms with Crippen molar-refractivity contribution in [2.45, 2.75) is 37.3 Å². The maximum Gasteiger partial charge on any atom is 0.430 e. The van der Waals surface area contributed by atoms with Crippen LogP contribution in [0.25, 0.3) is 11.3 Å². The van der Waals surface area contributed by atoms with Crippen molar-refractivity contribution in [1.29, 1.82) is 0 Å². The zero-order valence-electron chi connectivity index (χ0n) is 17.5. The molecule has 2 atom stereocenters. The molecule has 0 bridgehead atoms. The van der Waals surface area contributed by atoms with Crippen LogP contribution in [0.4, 0.5) is 42.8 Å². The van der Waals surface area contributed by atoms with Crippen LogP contribution in [-0.4, -0.2) is 47.9 Å². The number of ether oxygens (including phenoxy) is 1. The first-order valence-corrected chi connectivity index (χ1v) is 10.6. The molecule has 7 nitrogen and oxygen atoms in total. The first kappa shape index (κ1) is 22.7. The average molecular weight is 487 g/mol. The maximum atomic E-state index is 13.8. The van der Waals surface area contributed by atoms with Crippen molar-refractivity contribution in [3.05, 3.63) is 35.5 Å². The smallest absolute Gasteiger partial charge is 0.430 e. The van der Waals surface area contributed by atoms with E-state index in [-0.39, 0.29) is 23.1 Å². The van der Waals surface area contributed by atoms with E-state index >= 15 is 0 Å². The normalized spacial score (nSPS) is 23.2. The van der Waals surface area contributed by atoms with Crippen LogP contribution >= 0.6 is 0 Å². The summed E-state index contributed by atoms with van der Waals surface area (Å²) < 4.78 is 86.9. The summed E-state index contributed by atoms with van der Waals surface area (Å²) in [6, 6.07) is 2.85. The van der Waals surface area contributed by atoms with Crippen LogP contribution in [0.1, 0.15) is 30.1 Å². The van der Waals surface area contributed by atoms with Gasteiger partial charge in [-0.2, -0.15) is 26.3 Å². The monoisotopic (exact) mass is 487 g/mol. The summed E-state index contributed by atoms with van der Waals surface area (Å²) in [4.78, 5) is 21.4. The van der Waals surface area contributed by atoms with Gasteiger partial charge < -0.3 is 15.0 Å². The Morgan fingerprint density at radius 3 is 2.56 bits per heavy atom. The molecule has 0 spiro atoms. The molecule has 2 aliphatic heterocycles. The number of carbonyl (C=O) groups excluding carboxylic acids is 1. The summed E-state index contributed by atoms with van der Waals surface area (Å²) in [7, 11) is 0. The first-order valence-electron chi connectivity index (χ1n) is 10.6. The number of aromatic nitrogens is 2. The molecule has 5 rings (SSSR count). The molecule has 0 aromatic carbocycles. The van der Waals surface area contributed by atoms with Gasteiger partial charge in [-0.15, -0.1) is 0 Å². The van der Waals surface area contributed by atoms with Gasteiger partial charge in [-0.25, -0.2) is 14.8 Å². The van der Waals surface area contributed by atoms with Crippen molar-refractivity contribution in [3.63, 3.8) is 0 Å². The first-order chi connectivity index (χ1) is 16.0. The van der Waals surface area contributed by atoms with Gasteiger partial charge in [-0.3, -0.25) is 5.32 Å². The van der Waals surface area contributed by atoms with Crippen molar-refractivity contribution in [1.82, 2.24) is 15.3 Å². The van der Waals surface area contributed by atoms with Crippen molar-refractivity contribution in [2.75, 3.05) is 29.9 Å². The molecule has 0 unspecified atom stereocenters. The van der Waals surface area contributed by atoms with Crippen LogP contribution in [0, 0.1) is 5.92 Å². The molecule has 13 heteroatoms. The lowest BCUT2D eigenvalue weighted by molar-refractivity contribution is -0.206.